The molecule has 16 heavy (non-hydrogen) atoms. The molecule has 2 unspecified atom stereocenters. The molecule has 1 aromatic carbocycles. The van der Waals surface area contributed by atoms with Crippen molar-refractivity contribution in [3.63, 3.8) is 0 Å². The van der Waals surface area contributed by atoms with Crippen LogP contribution in [0.2, 0.25) is 0 Å². The molecule has 0 aliphatic heterocycles. The average molecular weight is 282 g/mol. The van der Waals surface area contributed by atoms with Gasteiger partial charge >= 0.3 is 0 Å². The molecular formula is C14H20BrN. The van der Waals surface area contributed by atoms with Crippen LogP contribution in [-0.4, -0.2) is 6.04 Å². The second-order valence-electron chi connectivity index (χ2n) is 4.98. The van der Waals surface area contributed by atoms with Gasteiger partial charge in [-0.15, -0.1) is 0 Å². The maximum atomic E-state index is 3.67. The van der Waals surface area contributed by atoms with Gasteiger partial charge in [-0.25, -0.2) is 0 Å². The number of benzene rings is 1. The van der Waals surface area contributed by atoms with E-state index in [0.29, 0.717) is 0 Å². The van der Waals surface area contributed by atoms with Gasteiger partial charge in [-0.05, 0) is 36.5 Å². The van der Waals surface area contributed by atoms with Gasteiger partial charge in [0.15, 0.2) is 0 Å². The summed E-state index contributed by atoms with van der Waals surface area (Å²) in [6.45, 7) is 3.37. The smallest absolute Gasteiger partial charge is 0.0208 e. The van der Waals surface area contributed by atoms with E-state index in [9.17, 15) is 0 Å². The summed E-state index contributed by atoms with van der Waals surface area (Å²) < 4.78 is 1.16. The lowest BCUT2D eigenvalue weighted by atomic mass is 9.87. The zero-order valence-corrected chi connectivity index (χ0v) is 11.5. The van der Waals surface area contributed by atoms with Gasteiger partial charge in [0.2, 0.25) is 0 Å². The molecule has 0 aromatic heterocycles. The number of halogens is 1. The van der Waals surface area contributed by atoms with E-state index in [1.165, 1.54) is 31.2 Å². The van der Waals surface area contributed by atoms with Gasteiger partial charge < -0.3 is 5.32 Å². The first-order valence-electron chi connectivity index (χ1n) is 6.22. The molecule has 1 N–H and O–H groups in total. The Hall–Kier alpha value is -0.340. The SMILES string of the molecule is CC1CCCC(NCc2ccc(Br)cc2)C1. The molecule has 1 aromatic rings. The average Bonchev–Trinajstić information content (AvgIpc) is 2.28. The number of nitrogens with one attached hydrogen (secondary N) is 1. The fourth-order valence-corrected chi connectivity index (χ4v) is 2.75. The van der Waals surface area contributed by atoms with Crippen molar-refractivity contribution in [1.82, 2.24) is 5.32 Å². The van der Waals surface area contributed by atoms with Crippen LogP contribution >= 0.6 is 15.9 Å². The Morgan fingerprint density at radius 2 is 2.00 bits per heavy atom. The van der Waals surface area contributed by atoms with E-state index in [0.717, 1.165) is 23.0 Å². The van der Waals surface area contributed by atoms with Crippen LogP contribution in [0.15, 0.2) is 28.7 Å². The van der Waals surface area contributed by atoms with Gasteiger partial charge in [0.1, 0.15) is 0 Å². The zero-order valence-electron chi connectivity index (χ0n) is 9.88. The number of hydrogen-bond donors (Lipinski definition) is 1. The fraction of sp³-hybridized carbons (Fsp3) is 0.571. The quantitative estimate of drug-likeness (QED) is 0.879. The molecule has 0 heterocycles. The molecule has 0 spiro atoms. The molecule has 88 valence electrons. The Balaban J connectivity index is 1.80. The maximum Gasteiger partial charge on any atom is 0.0208 e. The molecule has 0 radical (unpaired) electrons. The van der Waals surface area contributed by atoms with E-state index in [1.54, 1.807) is 0 Å². The molecule has 1 saturated carbocycles. The van der Waals surface area contributed by atoms with Crippen LogP contribution in [0.4, 0.5) is 0 Å². The summed E-state index contributed by atoms with van der Waals surface area (Å²) in [4.78, 5) is 0. The van der Waals surface area contributed by atoms with Crippen LogP contribution in [0.25, 0.3) is 0 Å². The minimum absolute atomic E-state index is 0.729. The molecule has 2 heteroatoms. The van der Waals surface area contributed by atoms with Crippen molar-refractivity contribution in [3.05, 3.63) is 34.3 Å². The molecule has 2 atom stereocenters. The highest BCUT2D eigenvalue weighted by Gasteiger charge is 2.17. The standard InChI is InChI=1S/C14H20BrN/c1-11-3-2-4-14(9-11)16-10-12-5-7-13(15)8-6-12/h5-8,11,14,16H,2-4,9-10H2,1H3. The van der Waals surface area contributed by atoms with Crippen LogP contribution in [0.1, 0.15) is 38.2 Å². The summed E-state index contributed by atoms with van der Waals surface area (Å²) in [7, 11) is 0. The van der Waals surface area contributed by atoms with Crippen molar-refractivity contribution in [2.75, 3.05) is 0 Å². The largest absolute Gasteiger partial charge is 0.310 e. The van der Waals surface area contributed by atoms with Crippen molar-refractivity contribution in [3.8, 4) is 0 Å². The Labute approximate surface area is 107 Å². The van der Waals surface area contributed by atoms with Crippen molar-refractivity contribution >= 4 is 15.9 Å². The molecule has 0 amide bonds. The third-order valence-corrected chi connectivity index (χ3v) is 3.97. The molecular weight excluding hydrogens is 262 g/mol. The third kappa shape index (κ3) is 3.60. The second kappa shape index (κ2) is 5.83. The Kier molecular flexibility index (Phi) is 4.42. The van der Waals surface area contributed by atoms with Crippen LogP contribution in [-0.2, 0) is 6.54 Å². The summed E-state index contributed by atoms with van der Waals surface area (Å²) >= 11 is 3.46. The molecule has 0 bridgehead atoms. The third-order valence-electron chi connectivity index (χ3n) is 3.44. The molecule has 1 nitrogen and oxygen atoms in total. The Bertz CT molecular complexity index is 320. The second-order valence-corrected chi connectivity index (χ2v) is 5.89. The first kappa shape index (κ1) is 12.1. The lowest BCUT2D eigenvalue weighted by Crippen LogP contribution is -2.33. The van der Waals surface area contributed by atoms with Crippen LogP contribution in [0.5, 0.6) is 0 Å². The molecule has 1 aliphatic carbocycles. The minimum atomic E-state index is 0.729. The highest BCUT2D eigenvalue weighted by atomic mass is 79.9. The van der Waals surface area contributed by atoms with E-state index in [2.05, 4.69) is 52.4 Å². The van der Waals surface area contributed by atoms with E-state index >= 15 is 0 Å². The van der Waals surface area contributed by atoms with Crippen LogP contribution in [0.3, 0.4) is 0 Å². The zero-order chi connectivity index (χ0) is 11.4. The predicted molar refractivity (Wildman–Crippen MR) is 72.4 cm³/mol. The monoisotopic (exact) mass is 281 g/mol. The first-order valence-corrected chi connectivity index (χ1v) is 7.01. The maximum absolute atomic E-state index is 3.67. The van der Waals surface area contributed by atoms with Gasteiger partial charge in [-0.3, -0.25) is 0 Å². The molecule has 1 fully saturated rings. The van der Waals surface area contributed by atoms with E-state index in [-0.39, 0.29) is 0 Å². The summed E-state index contributed by atoms with van der Waals surface area (Å²) in [5.74, 6) is 0.899. The predicted octanol–water partition coefficient (Wildman–Crippen LogP) is 4.12. The lowest BCUT2D eigenvalue weighted by molar-refractivity contribution is 0.300. The highest BCUT2D eigenvalue weighted by Crippen LogP contribution is 2.23. The summed E-state index contributed by atoms with van der Waals surface area (Å²) in [5, 5.41) is 3.67. The summed E-state index contributed by atoms with van der Waals surface area (Å²) in [6.07, 6.45) is 5.49. The number of rotatable bonds is 3. The van der Waals surface area contributed by atoms with Crippen LogP contribution in [0, 0.1) is 5.92 Å². The Morgan fingerprint density at radius 1 is 1.25 bits per heavy atom. The van der Waals surface area contributed by atoms with Crippen molar-refractivity contribution in [2.24, 2.45) is 5.92 Å². The molecule has 2 rings (SSSR count). The normalized spacial score (nSPS) is 25.6. The lowest BCUT2D eigenvalue weighted by Gasteiger charge is -2.27. The first-order chi connectivity index (χ1) is 7.74. The Morgan fingerprint density at radius 3 is 2.69 bits per heavy atom. The van der Waals surface area contributed by atoms with Gasteiger partial charge in [0.25, 0.3) is 0 Å². The van der Waals surface area contributed by atoms with Crippen molar-refractivity contribution in [2.45, 2.75) is 45.2 Å². The summed E-state index contributed by atoms with van der Waals surface area (Å²) in [5.41, 5.74) is 1.38. The molecule has 1 aliphatic rings. The van der Waals surface area contributed by atoms with Gasteiger partial charge in [0.05, 0.1) is 0 Å². The van der Waals surface area contributed by atoms with Gasteiger partial charge in [-0.1, -0.05) is 47.8 Å². The van der Waals surface area contributed by atoms with E-state index in [1.807, 2.05) is 0 Å². The van der Waals surface area contributed by atoms with E-state index in [4.69, 9.17) is 0 Å². The van der Waals surface area contributed by atoms with Crippen LogP contribution < -0.4 is 5.32 Å². The minimum Gasteiger partial charge on any atom is -0.310 e. The topological polar surface area (TPSA) is 12.0 Å². The van der Waals surface area contributed by atoms with Gasteiger partial charge in [-0.2, -0.15) is 0 Å². The fourth-order valence-electron chi connectivity index (χ4n) is 2.48. The van der Waals surface area contributed by atoms with Crippen molar-refractivity contribution in [1.29, 1.82) is 0 Å². The number of hydrogen-bond acceptors (Lipinski definition) is 1. The molecule has 0 saturated heterocycles. The van der Waals surface area contributed by atoms with Gasteiger partial charge in [0, 0.05) is 17.1 Å². The summed E-state index contributed by atoms with van der Waals surface area (Å²) in [6, 6.07) is 9.32. The highest BCUT2D eigenvalue weighted by molar-refractivity contribution is 9.10. The van der Waals surface area contributed by atoms with Crippen molar-refractivity contribution < 1.29 is 0 Å². The van der Waals surface area contributed by atoms with E-state index < -0.39 is 0 Å².